The summed E-state index contributed by atoms with van der Waals surface area (Å²) in [7, 11) is 0. The summed E-state index contributed by atoms with van der Waals surface area (Å²) in [5.41, 5.74) is 1.47. The van der Waals surface area contributed by atoms with Crippen LogP contribution in [-0.2, 0) is 6.54 Å². The first-order chi connectivity index (χ1) is 9.84. The zero-order valence-electron chi connectivity index (χ0n) is 12.3. The number of hydrogen-bond donors (Lipinski definition) is 0. The van der Waals surface area contributed by atoms with Crippen LogP contribution in [0, 0.1) is 5.92 Å². The van der Waals surface area contributed by atoms with E-state index in [0.717, 1.165) is 23.1 Å². The SMILES string of the molecule is C[C@@H]1CCCN(Cc2ccccc2)[C@H]1C1SCCCS1. The van der Waals surface area contributed by atoms with Crippen LogP contribution < -0.4 is 0 Å². The van der Waals surface area contributed by atoms with Crippen LogP contribution in [0.15, 0.2) is 30.3 Å². The van der Waals surface area contributed by atoms with Crippen LogP contribution in [0.3, 0.4) is 0 Å². The van der Waals surface area contributed by atoms with Gasteiger partial charge in [0.05, 0.1) is 4.58 Å². The summed E-state index contributed by atoms with van der Waals surface area (Å²) in [4.78, 5) is 2.76. The number of piperidine rings is 1. The van der Waals surface area contributed by atoms with E-state index in [9.17, 15) is 0 Å². The van der Waals surface area contributed by atoms with Gasteiger partial charge in [-0.15, -0.1) is 23.5 Å². The second-order valence-electron chi connectivity index (χ2n) is 6.03. The van der Waals surface area contributed by atoms with Crippen molar-refractivity contribution in [3.8, 4) is 0 Å². The molecule has 0 amide bonds. The third-order valence-electron chi connectivity index (χ3n) is 4.47. The molecule has 0 spiro atoms. The molecule has 3 rings (SSSR count). The molecule has 2 aliphatic rings. The van der Waals surface area contributed by atoms with Crippen molar-refractivity contribution in [3.05, 3.63) is 35.9 Å². The molecule has 0 N–H and O–H groups in total. The topological polar surface area (TPSA) is 3.24 Å². The molecule has 0 saturated carbocycles. The first-order valence-corrected chi connectivity index (χ1v) is 9.95. The number of hydrogen-bond acceptors (Lipinski definition) is 3. The largest absolute Gasteiger partial charge is 0.294 e. The Bertz CT molecular complexity index is 403. The molecule has 20 heavy (non-hydrogen) atoms. The Morgan fingerprint density at radius 3 is 2.60 bits per heavy atom. The molecule has 2 heterocycles. The Labute approximate surface area is 131 Å². The molecule has 1 nitrogen and oxygen atoms in total. The summed E-state index contributed by atoms with van der Waals surface area (Å²) < 4.78 is 0.794. The summed E-state index contributed by atoms with van der Waals surface area (Å²) in [6.07, 6.45) is 4.17. The lowest BCUT2D eigenvalue weighted by molar-refractivity contribution is 0.104. The molecular weight excluding hydrogens is 282 g/mol. The van der Waals surface area contributed by atoms with Crippen molar-refractivity contribution in [1.82, 2.24) is 4.90 Å². The van der Waals surface area contributed by atoms with E-state index in [1.54, 1.807) is 0 Å². The van der Waals surface area contributed by atoms with Crippen molar-refractivity contribution in [3.63, 3.8) is 0 Å². The molecule has 1 aromatic rings. The monoisotopic (exact) mass is 307 g/mol. The molecule has 0 unspecified atom stereocenters. The highest BCUT2D eigenvalue weighted by Crippen LogP contribution is 2.40. The lowest BCUT2D eigenvalue weighted by Gasteiger charge is -2.44. The molecule has 1 aromatic carbocycles. The van der Waals surface area contributed by atoms with Gasteiger partial charge in [-0.1, -0.05) is 37.3 Å². The smallest absolute Gasteiger partial charge is 0.0660 e. The number of nitrogens with zero attached hydrogens (tertiary/aromatic N) is 1. The Kier molecular flexibility index (Phi) is 5.36. The number of rotatable bonds is 3. The summed E-state index contributed by atoms with van der Waals surface area (Å²) in [6, 6.07) is 11.8. The van der Waals surface area contributed by atoms with Crippen LogP contribution in [-0.4, -0.2) is 33.6 Å². The van der Waals surface area contributed by atoms with E-state index in [4.69, 9.17) is 0 Å². The minimum atomic E-state index is 0.763. The predicted molar refractivity (Wildman–Crippen MR) is 92.4 cm³/mol. The Morgan fingerprint density at radius 1 is 1.10 bits per heavy atom. The zero-order chi connectivity index (χ0) is 13.8. The van der Waals surface area contributed by atoms with Gasteiger partial charge in [-0.25, -0.2) is 0 Å². The van der Waals surface area contributed by atoms with Gasteiger partial charge >= 0.3 is 0 Å². The van der Waals surface area contributed by atoms with Crippen LogP contribution in [0.4, 0.5) is 0 Å². The Morgan fingerprint density at radius 2 is 1.85 bits per heavy atom. The third kappa shape index (κ3) is 3.55. The number of thioether (sulfide) groups is 2. The third-order valence-corrected chi connectivity index (χ3v) is 7.55. The van der Waals surface area contributed by atoms with Crippen LogP contribution in [0.25, 0.3) is 0 Å². The van der Waals surface area contributed by atoms with Gasteiger partial charge in [0.2, 0.25) is 0 Å². The van der Waals surface area contributed by atoms with Crippen molar-refractivity contribution >= 4 is 23.5 Å². The molecule has 2 saturated heterocycles. The van der Waals surface area contributed by atoms with Crippen LogP contribution >= 0.6 is 23.5 Å². The molecule has 3 heteroatoms. The van der Waals surface area contributed by atoms with Gasteiger partial charge in [0.25, 0.3) is 0 Å². The summed E-state index contributed by atoms with van der Waals surface area (Å²) in [5, 5.41) is 0. The Balaban J connectivity index is 1.72. The molecule has 2 aliphatic heterocycles. The van der Waals surface area contributed by atoms with Gasteiger partial charge in [0.1, 0.15) is 0 Å². The molecule has 2 fully saturated rings. The maximum absolute atomic E-state index is 2.76. The van der Waals surface area contributed by atoms with Gasteiger partial charge in [-0.05, 0) is 48.8 Å². The van der Waals surface area contributed by atoms with Crippen molar-refractivity contribution in [1.29, 1.82) is 0 Å². The van der Waals surface area contributed by atoms with E-state index in [2.05, 4.69) is 65.7 Å². The molecule has 0 aromatic heterocycles. The molecule has 0 radical (unpaired) electrons. The fourth-order valence-electron chi connectivity index (χ4n) is 3.44. The second kappa shape index (κ2) is 7.24. The molecular formula is C17H25NS2. The standard InChI is InChI=1S/C17H25NS2/c1-14-7-5-10-18(13-15-8-3-2-4-9-15)16(14)17-19-11-6-12-20-17/h2-4,8-9,14,16-17H,5-7,10-13H2,1H3/t14-,16-/m1/s1. The highest BCUT2D eigenvalue weighted by molar-refractivity contribution is 8.17. The molecule has 0 bridgehead atoms. The minimum Gasteiger partial charge on any atom is -0.294 e. The highest BCUT2D eigenvalue weighted by Gasteiger charge is 2.36. The molecule has 110 valence electrons. The van der Waals surface area contributed by atoms with Crippen LogP contribution in [0.2, 0.25) is 0 Å². The zero-order valence-corrected chi connectivity index (χ0v) is 14.0. The van der Waals surface area contributed by atoms with E-state index in [0.29, 0.717) is 0 Å². The van der Waals surface area contributed by atoms with Crippen LogP contribution in [0.1, 0.15) is 31.7 Å². The van der Waals surface area contributed by atoms with Crippen molar-refractivity contribution < 1.29 is 0 Å². The number of likely N-dealkylation sites (tertiary alicyclic amines) is 1. The van der Waals surface area contributed by atoms with E-state index in [1.165, 1.54) is 42.9 Å². The summed E-state index contributed by atoms with van der Waals surface area (Å²) >= 11 is 4.42. The van der Waals surface area contributed by atoms with Gasteiger partial charge < -0.3 is 0 Å². The van der Waals surface area contributed by atoms with Gasteiger partial charge in [0, 0.05) is 12.6 Å². The maximum atomic E-state index is 2.76. The fraction of sp³-hybridized carbons (Fsp3) is 0.647. The minimum absolute atomic E-state index is 0.763. The van der Waals surface area contributed by atoms with Crippen molar-refractivity contribution in [2.24, 2.45) is 5.92 Å². The summed E-state index contributed by atoms with van der Waals surface area (Å²) in [5.74, 6) is 3.57. The fourth-order valence-corrected chi connectivity index (χ4v) is 6.95. The maximum Gasteiger partial charge on any atom is 0.0660 e. The highest BCUT2D eigenvalue weighted by atomic mass is 32.2. The average Bonchev–Trinajstić information content (AvgIpc) is 2.49. The van der Waals surface area contributed by atoms with Gasteiger partial charge in [0.15, 0.2) is 0 Å². The number of benzene rings is 1. The average molecular weight is 308 g/mol. The summed E-state index contributed by atoms with van der Waals surface area (Å²) in [6.45, 7) is 4.88. The van der Waals surface area contributed by atoms with Crippen LogP contribution in [0.5, 0.6) is 0 Å². The van der Waals surface area contributed by atoms with E-state index < -0.39 is 0 Å². The first-order valence-electron chi connectivity index (χ1n) is 7.86. The predicted octanol–water partition coefficient (Wildman–Crippen LogP) is 4.48. The second-order valence-corrected chi connectivity index (χ2v) is 8.83. The lowest BCUT2D eigenvalue weighted by Crippen LogP contribution is -2.49. The van der Waals surface area contributed by atoms with E-state index in [-0.39, 0.29) is 0 Å². The molecule has 0 aliphatic carbocycles. The first kappa shape index (κ1) is 14.8. The van der Waals surface area contributed by atoms with Crippen molar-refractivity contribution in [2.75, 3.05) is 18.1 Å². The van der Waals surface area contributed by atoms with E-state index >= 15 is 0 Å². The van der Waals surface area contributed by atoms with Crippen molar-refractivity contribution in [2.45, 2.75) is 43.4 Å². The Hall–Kier alpha value is -0.120. The van der Waals surface area contributed by atoms with Gasteiger partial charge in [-0.2, -0.15) is 0 Å². The normalized spacial score (nSPS) is 29.4. The molecule has 2 atom stereocenters. The lowest BCUT2D eigenvalue weighted by atomic mass is 9.91. The van der Waals surface area contributed by atoms with Gasteiger partial charge in [-0.3, -0.25) is 4.90 Å². The van der Waals surface area contributed by atoms with E-state index in [1.807, 2.05) is 0 Å². The quantitative estimate of drug-likeness (QED) is 0.810.